The van der Waals surface area contributed by atoms with Crippen LogP contribution in [0.25, 0.3) is 0 Å². The van der Waals surface area contributed by atoms with E-state index in [0.29, 0.717) is 12.0 Å². The van der Waals surface area contributed by atoms with Crippen molar-refractivity contribution in [2.45, 2.75) is 26.3 Å². The highest BCUT2D eigenvalue weighted by Crippen LogP contribution is 2.39. The fourth-order valence-corrected chi connectivity index (χ4v) is 2.28. The summed E-state index contributed by atoms with van der Waals surface area (Å²) >= 11 is 6.26. The second-order valence-corrected chi connectivity index (χ2v) is 4.68. The van der Waals surface area contributed by atoms with Gasteiger partial charge in [0.05, 0.1) is 12.1 Å². The van der Waals surface area contributed by atoms with E-state index in [2.05, 4.69) is 19.2 Å². The van der Waals surface area contributed by atoms with Crippen molar-refractivity contribution in [3.05, 3.63) is 22.7 Å². The van der Waals surface area contributed by atoms with Crippen molar-refractivity contribution in [3.63, 3.8) is 0 Å². The maximum atomic E-state index is 6.26. The van der Waals surface area contributed by atoms with E-state index >= 15 is 0 Å². The molecule has 2 nitrogen and oxygen atoms in total. The monoisotopic (exact) mass is 225 g/mol. The number of nitrogens with one attached hydrogen (secondary N) is 1. The van der Waals surface area contributed by atoms with E-state index in [1.54, 1.807) is 7.11 Å². The summed E-state index contributed by atoms with van der Waals surface area (Å²) in [5, 5.41) is 4.24. The molecule has 0 aliphatic carbocycles. The molecule has 1 aliphatic rings. The molecule has 0 radical (unpaired) electrons. The van der Waals surface area contributed by atoms with Gasteiger partial charge in [0, 0.05) is 11.7 Å². The first-order chi connectivity index (χ1) is 7.13. The molecule has 0 saturated heterocycles. The lowest BCUT2D eigenvalue weighted by atomic mass is 10.0. The molecule has 1 aromatic carbocycles. The number of benzene rings is 1. The summed E-state index contributed by atoms with van der Waals surface area (Å²) in [5.41, 5.74) is 2.34. The van der Waals surface area contributed by atoms with Gasteiger partial charge in [-0.25, -0.2) is 0 Å². The average molecular weight is 226 g/mol. The Labute approximate surface area is 95.6 Å². The summed E-state index contributed by atoms with van der Waals surface area (Å²) < 4.78 is 5.21. The second kappa shape index (κ2) is 3.93. The third-order valence-corrected chi connectivity index (χ3v) is 3.41. The van der Waals surface area contributed by atoms with Gasteiger partial charge >= 0.3 is 0 Å². The van der Waals surface area contributed by atoms with Crippen molar-refractivity contribution >= 4 is 17.3 Å². The van der Waals surface area contributed by atoms with E-state index in [1.165, 1.54) is 5.56 Å². The Bertz CT molecular complexity index is 376. The molecule has 1 atom stereocenters. The van der Waals surface area contributed by atoms with Gasteiger partial charge in [0.25, 0.3) is 0 Å². The number of hydrogen-bond donors (Lipinski definition) is 1. The minimum atomic E-state index is 0.490. The lowest BCUT2D eigenvalue weighted by Crippen LogP contribution is -2.21. The normalized spacial score (nSPS) is 18.9. The molecule has 1 unspecified atom stereocenters. The van der Waals surface area contributed by atoms with Gasteiger partial charge in [-0.2, -0.15) is 0 Å². The van der Waals surface area contributed by atoms with E-state index < -0.39 is 0 Å². The molecule has 0 bridgehead atoms. The Kier molecular flexibility index (Phi) is 2.79. The van der Waals surface area contributed by atoms with Crippen molar-refractivity contribution in [2.75, 3.05) is 12.4 Å². The molecule has 1 aromatic rings. The highest BCUT2D eigenvalue weighted by Gasteiger charge is 2.26. The van der Waals surface area contributed by atoms with Crippen molar-refractivity contribution in [2.24, 2.45) is 5.92 Å². The maximum absolute atomic E-state index is 6.26. The van der Waals surface area contributed by atoms with Crippen LogP contribution in [0.3, 0.4) is 0 Å². The van der Waals surface area contributed by atoms with Gasteiger partial charge in [0.15, 0.2) is 0 Å². The Morgan fingerprint density at radius 1 is 1.47 bits per heavy atom. The summed E-state index contributed by atoms with van der Waals surface area (Å²) in [5.74, 6) is 1.38. The Morgan fingerprint density at radius 2 is 2.20 bits per heavy atom. The summed E-state index contributed by atoms with van der Waals surface area (Å²) in [4.78, 5) is 0. The van der Waals surface area contributed by atoms with E-state index in [9.17, 15) is 0 Å². The summed E-state index contributed by atoms with van der Waals surface area (Å²) in [6, 6.07) is 4.45. The van der Waals surface area contributed by atoms with Crippen LogP contribution in [0.5, 0.6) is 5.75 Å². The molecule has 0 fully saturated rings. The first-order valence-electron chi connectivity index (χ1n) is 5.25. The van der Waals surface area contributed by atoms with Gasteiger partial charge in [-0.3, -0.25) is 0 Å². The molecule has 15 heavy (non-hydrogen) atoms. The lowest BCUT2D eigenvalue weighted by molar-refractivity contribution is 0.414. The predicted octanol–water partition coefficient (Wildman–Crippen LogP) is 3.34. The first-order valence-corrected chi connectivity index (χ1v) is 5.63. The molecule has 0 spiro atoms. The Morgan fingerprint density at radius 3 is 2.80 bits per heavy atom. The van der Waals surface area contributed by atoms with Gasteiger partial charge in [-0.1, -0.05) is 25.4 Å². The van der Waals surface area contributed by atoms with Gasteiger partial charge in [0.2, 0.25) is 0 Å². The largest absolute Gasteiger partial charge is 0.495 e. The van der Waals surface area contributed by atoms with Crippen LogP contribution in [0.15, 0.2) is 12.1 Å². The van der Waals surface area contributed by atoms with Crippen molar-refractivity contribution < 1.29 is 4.74 Å². The SMILES string of the molecule is COc1ccc2c(c1Cl)CC(C(C)C)N2. The topological polar surface area (TPSA) is 21.3 Å². The van der Waals surface area contributed by atoms with Crippen LogP contribution in [-0.4, -0.2) is 13.2 Å². The summed E-state index contributed by atoms with van der Waals surface area (Å²) in [7, 11) is 1.65. The third-order valence-electron chi connectivity index (χ3n) is 3.00. The second-order valence-electron chi connectivity index (χ2n) is 4.31. The Balaban J connectivity index is 2.34. The standard InChI is InChI=1S/C12H16ClNO/c1-7(2)10-6-8-9(14-10)4-5-11(15-3)12(8)13/h4-5,7,10,14H,6H2,1-3H3. The van der Waals surface area contributed by atoms with Gasteiger partial charge < -0.3 is 10.1 Å². The molecule has 0 aromatic heterocycles. The summed E-state index contributed by atoms with van der Waals surface area (Å²) in [6.45, 7) is 4.43. The van der Waals surface area contributed by atoms with Crippen molar-refractivity contribution in [1.82, 2.24) is 0 Å². The average Bonchev–Trinajstić information content (AvgIpc) is 2.63. The number of rotatable bonds is 2. The predicted molar refractivity (Wildman–Crippen MR) is 64.0 cm³/mol. The number of anilines is 1. The van der Waals surface area contributed by atoms with Crippen LogP contribution in [0, 0.1) is 5.92 Å². The van der Waals surface area contributed by atoms with Crippen molar-refractivity contribution in [3.8, 4) is 5.75 Å². The fourth-order valence-electron chi connectivity index (χ4n) is 1.97. The summed E-state index contributed by atoms with van der Waals surface area (Å²) in [6.07, 6.45) is 0.989. The number of halogens is 1. The molecular weight excluding hydrogens is 210 g/mol. The highest BCUT2D eigenvalue weighted by molar-refractivity contribution is 6.33. The zero-order valence-electron chi connectivity index (χ0n) is 9.30. The third kappa shape index (κ3) is 1.78. The molecule has 0 amide bonds. The molecular formula is C12H16ClNO. The van der Waals surface area contributed by atoms with E-state index in [4.69, 9.17) is 16.3 Å². The lowest BCUT2D eigenvalue weighted by Gasteiger charge is -2.14. The molecule has 3 heteroatoms. The van der Waals surface area contributed by atoms with E-state index in [0.717, 1.165) is 22.9 Å². The maximum Gasteiger partial charge on any atom is 0.137 e. The molecule has 1 N–H and O–H groups in total. The molecule has 2 rings (SSSR count). The van der Waals surface area contributed by atoms with Crippen LogP contribution in [-0.2, 0) is 6.42 Å². The first kappa shape index (κ1) is 10.6. The number of methoxy groups -OCH3 is 1. The zero-order valence-corrected chi connectivity index (χ0v) is 10.1. The highest BCUT2D eigenvalue weighted by atomic mass is 35.5. The zero-order chi connectivity index (χ0) is 11.0. The number of fused-ring (bicyclic) bond motifs is 1. The Hall–Kier alpha value is -0.890. The van der Waals surface area contributed by atoms with E-state index in [-0.39, 0.29) is 0 Å². The van der Waals surface area contributed by atoms with Gasteiger partial charge in [-0.15, -0.1) is 0 Å². The van der Waals surface area contributed by atoms with Crippen LogP contribution >= 0.6 is 11.6 Å². The molecule has 1 aliphatic heterocycles. The van der Waals surface area contributed by atoms with Crippen LogP contribution in [0.4, 0.5) is 5.69 Å². The molecule has 1 heterocycles. The van der Waals surface area contributed by atoms with Crippen LogP contribution < -0.4 is 10.1 Å². The van der Waals surface area contributed by atoms with Crippen molar-refractivity contribution in [1.29, 1.82) is 0 Å². The molecule has 0 saturated carbocycles. The van der Waals surface area contributed by atoms with Crippen LogP contribution in [0.2, 0.25) is 5.02 Å². The van der Waals surface area contributed by atoms with E-state index in [1.807, 2.05) is 12.1 Å². The minimum absolute atomic E-state index is 0.490. The fraction of sp³-hybridized carbons (Fsp3) is 0.500. The van der Waals surface area contributed by atoms with Gasteiger partial charge in [0.1, 0.15) is 5.75 Å². The van der Waals surface area contributed by atoms with Crippen LogP contribution in [0.1, 0.15) is 19.4 Å². The minimum Gasteiger partial charge on any atom is -0.495 e. The number of ether oxygens (including phenoxy) is 1. The molecule has 82 valence electrons. The quantitative estimate of drug-likeness (QED) is 0.834. The smallest absolute Gasteiger partial charge is 0.137 e. The van der Waals surface area contributed by atoms with Gasteiger partial charge in [-0.05, 0) is 30.0 Å². The number of hydrogen-bond acceptors (Lipinski definition) is 2.